The van der Waals surface area contributed by atoms with Crippen LogP contribution in [-0.4, -0.2) is 28.9 Å². The minimum Gasteiger partial charge on any atom is -0.497 e. The Labute approximate surface area is 129 Å². The van der Waals surface area contributed by atoms with Gasteiger partial charge in [0.2, 0.25) is 0 Å². The second kappa shape index (κ2) is 6.89. The van der Waals surface area contributed by atoms with Crippen LogP contribution in [0.1, 0.15) is 41.2 Å². The fourth-order valence-electron chi connectivity index (χ4n) is 2.08. The van der Waals surface area contributed by atoms with Gasteiger partial charge in [-0.3, -0.25) is 9.89 Å². The van der Waals surface area contributed by atoms with Crippen LogP contribution in [0.2, 0.25) is 0 Å². The van der Waals surface area contributed by atoms with Gasteiger partial charge in [-0.1, -0.05) is 6.92 Å². The molecule has 6 heteroatoms. The standard InChI is InChI=1S/C16H20N4O2/c1-5-14-10(2)15(19-18-14)16(21)20-17-11(3)12-6-8-13(22-4)9-7-12/h6-9H,5H2,1-4H3,(H,18,19)(H,20,21)/b17-11-. The molecule has 0 saturated heterocycles. The second-order valence-corrected chi connectivity index (χ2v) is 4.90. The van der Waals surface area contributed by atoms with Gasteiger partial charge in [0.05, 0.1) is 12.8 Å². The first-order chi connectivity index (χ1) is 10.6. The molecular formula is C16H20N4O2. The number of hydrazone groups is 1. The monoisotopic (exact) mass is 300 g/mol. The highest BCUT2D eigenvalue weighted by molar-refractivity contribution is 6.00. The van der Waals surface area contributed by atoms with Crippen molar-refractivity contribution in [1.29, 1.82) is 0 Å². The maximum absolute atomic E-state index is 12.1. The highest BCUT2D eigenvalue weighted by Gasteiger charge is 2.14. The van der Waals surface area contributed by atoms with Crippen LogP contribution in [0.3, 0.4) is 0 Å². The zero-order valence-electron chi connectivity index (χ0n) is 13.2. The molecule has 22 heavy (non-hydrogen) atoms. The lowest BCUT2D eigenvalue weighted by atomic mass is 10.1. The summed E-state index contributed by atoms with van der Waals surface area (Å²) < 4.78 is 5.11. The number of aromatic amines is 1. The van der Waals surface area contributed by atoms with Gasteiger partial charge >= 0.3 is 0 Å². The van der Waals surface area contributed by atoms with E-state index in [1.807, 2.05) is 45.0 Å². The molecule has 1 heterocycles. The van der Waals surface area contributed by atoms with E-state index in [0.717, 1.165) is 29.0 Å². The number of benzene rings is 1. The zero-order valence-corrected chi connectivity index (χ0v) is 13.2. The molecule has 2 N–H and O–H groups in total. The summed E-state index contributed by atoms with van der Waals surface area (Å²) in [7, 11) is 1.62. The Morgan fingerprint density at radius 2 is 2.05 bits per heavy atom. The van der Waals surface area contributed by atoms with Gasteiger partial charge in [-0.2, -0.15) is 10.2 Å². The van der Waals surface area contributed by atoms with Crippen molar-refractivity contribution in [3.05, 3.63) is 46.8 Å². The van der Waals surface area contributed by atoms with Gasteiger partial charge in [-0.15, -0.1) is 0 Å². The van der Waals surface area contributed by atoms with Gasteiger partial charge in [0.15, 0.2) is 5.69 Å². The van der Waals surface area contributed by atoms with Gasteiger partial charge in [0, 0.05) is 11.3 Å². The van der Waals surface area contributed by atoms with E-state index < -0.39 is 0 Å². The van der Waals surface area contributed by atoms with Crippen LogP contribution in [0.15, 0.2) is 29.4 Å². The van der Waals surface area contributed by atoms with E-state index in [0.29, 0.717) is 11.4 Å². The number of hydrogen-bond acceptors (Lipinski definition) is 4. The van der Waals surface area contributed by atoms with Crippen molar-refractivity contribution in [2.24, 2.45) is 5.10 Å². The molecule has 1 amide bonds. The lowest BCUT2D eigenvalue weighted by Crippen LogP contribution is -2.20. The van der Waals surface area contributed by atoms with Crippen molar-refractivity contribution in [1.82, 2.24) is 15.6 Å². The Morgan fingerprint density at radius 1 is 1.36 bits per heavy atom. The molecule has 0 aliphatic carbocycles. The predicted molar refractivity (Wildman–Crippen MR) is 85.4 cm³/mol. The summed E-state index contributed by atoms with van der Waals surface area (Å²) >= 11 is 0. The number of H-pyrrole nitrogens is 1. The highest BCUT2D eigenvalue weighted by atomic mass is 16.5. The molecular weight excluding hydrogens is 280 g/mol. The summed E-state index contributed by atoms with van der Waals surface area (Å²) in [4.78, 5) is 12.1. The summed E-state index contributed by atoms with van der Waals surface area (Å²) in [6.45, 7) is 5.71. The molecule has 0 spiro atoms. The summed E-state index contributed by atoms with van der Waals surface area (Å²) in [5.74, 6) is 0.459. The molecule has 0 aliphatic rings. The predicted octanol–water partition coefficient (Wildman–Crippen LogP) is 2.44. The van der Waals surface area contributed by atoms with E-state index in [4.69, 9.17) is 4.74 Å². The average molecular weight is 300 g/mol. The number of hydrogen-bond donors (Lipinski definition) is 2. The quantitative estimate of drug-likeness (QED) is 0.657. The van der Waals surface area contributed by atoms with Crippen LogP contribution < -0.4 is 10.2 Å². The third kappa shape index (κ3) is 3.33. The molecule has 0 unspecified atom stereocenters. The molecule has 2 rings (SSSR count). The fourth-order valence-corrected chi connectivity index (χ4v) is 2.08. The Balaban J connectivity index is 2.09. The average Bonchev–Trinajstić information content (AvgIpc) is 2.93. The molecule has 2 aromatic rings. The van der Waals surface area contributed by atoms with Crippen LogP contribution in [0.5, 0.6) is 5.75 Å². The normalized spacial score (nSPS) is 11.4. The molecule has 6 nitrogen and oxygen atoms in total. The Hall–Kier alpha value is -2.63. The smallest absolute Gasteiger partial charge is 0.292 e. The largest absolute Gasteiger partial charge is 0.497 e. The molecule has 0 atom stereocenters. The summed E-state index contributed by atoms with van der Waals surface area (Å²) in [6.07, 6.45) is 0.806. The van der Waals surface area contributed by atoms with Gasteiger partial charge in [0.1, 0.15) is 5.75 Å². The zero-order chi connectivity index (χ0) is 16.1. The number of rotatable bonds is 5. The molecule has 0 fully saturated rings. The Kier molecular flexibility index (Phi) is 4.93. The molecule has 0 bridgehead atoms. The van der Waals surface area contributed by atoms with E-state index in [2.05, 4.69) is 20.7 Å². The lowest BCUT2D eigenvalue weighted by Gasteiger charge is -2.04. The molecule has 0 radical (unpaired) electrons. The Bertz CT molecular complexity index is 687. The van der Waals surface area contributed by atoms with Crippen molar-refractivity contribution in [3.8, 4) is 5.75 Å². The van der Waals surface area contributed by atoms with Crippen molar-refractivity contribution < 1.29 is 9.53 Å². The second-order valence-electron chi connectivity index (χ2n) is 4.90. The van der Waals surface area contributed by atoms with Crippen LogP contribution in [0.25, 0.3) is 0 Å². The lowest BCUT2D eigenvalue weighted by molar-refractivity contribution is 0.0949. The van der Waals surface area contributed by atoms with E-state index in [1.54, 1.807) is 7.11 Å². The van der Waals surface area contributed by atoms with E-state index in [1.165, 1.54) is 0 Å². The van der Waals surface area contributed by atoms with Crippen LogP contribution >= 0.6 is 0 Å². The number of methoxy groups -OCH3 is 1. The number of ether oxygens (including phenoxy) is 1. The van der Waals surface area contributed by atoms with Crippen molar-refractivity contribution in [2.75, 3.05) is 7.11 Å². The Morgan fingerprint density at radius 3 is 2.59 bits per heavy atom. The van der Waals surface area contributed by atoms with E-state index >= 15 is 0 Å². The molecule has 116 valence electrons. The molecule has 1 aromatic heterocycles. The number of nitrogens with one attached hydrogen (secondary N) is 2. The van der Waals surface area contributed by atoms with Crippen molar-refractivity contribution in [2.45, 2.75) is 27.2 Å². The SMILES string of the molecule is CCc1[nH]nc(C(=O)N/N=C(/C)c2ccc(OC)cc2)c1C. The van der Waals surface area contributed by atoms with E-state index in [-0.39, 0.29) is 5.91 Å². The van der Waals surface area contributed by atoms with Crippen LogP contribution in [-0.2, 0) is 6.42 Å². The number of aromatic nitrogens is 2. The van der Waals surface area contributed by atoms with Crippen LogP contribution in [0, 0.1) is 6.92 Å². The number of nitrogens with zero attached hydrogens (tertiary/aromatic N) is 2. The summed E-state index contributed by atoms with van der Waals surface area (Å²) in [5, 5.41) is 11.0. The van der Waals surface area contributed by atoms with Crippen molar-refractivity contribution in [3.63, 3.8) is 0 Å². The topological polar surface area (TPSA) is 79.4 Å². The first-order valence-corrected chi connectivity index (χ1v) is 7.09. The van der Waals surface area contributed by atoms with Gasteiger partial charge in [0.25, 0.3) is 5.91 Å². The molecule has 1 aromatic carbocycles. The van der Waals surface area contributed by atoms with Gasteiger partial charge in [-0.25, -0.2) is 5.43 Å². The number of carbonyl (C=O) groups excluding carboxylic acids is 1. The number of amides is 1. The maximum atomic E-state index is 12.1. The number of carbonyl (C=O) groups is 1. The van der Waals surface area contributed by atoms with Crippen molar-refractivity contribution >= 4 is 11.6 Å². The number of aryl methyl sites for hydroxylation is 1. The fraction of sp³-hybridized carbons (Fsp3) is 0.312. The third-order valence-electron chi connectivity index (χ3n) is 3.51. The highest BCUT2D eigenvalue weighted by Crippen LogP contribution is 2.12. The van der Waals surface area contributed by atoms with Crippen LogP contribution in [0.4, 0.5) is 0 Å². The minimum absolute atomic E-state index is 0.318. The maximum Gasteiger partial charge on any atom is 0.292 e. The van der Waals surface area contributed by atoms with Gasteiger partial charge in [-0.05, 0) is 50.1 Å². The summed E-state index contributed by atoms with van der Waals surface area (Å²) in [6, 6.07) is 7.47. The first kappa shape index (κ1) is 15.8. The minimum atomic E-state index is -0.318. The molecule has 0 saturated carbocycles. The van der Waals surface area contributed by atoms with Gasteiger partial charge < -0.3 is 4.74 Å². The molecule has 0 aliphatic heterocycles. The first-order valence-electron chi connectivity index (χ1n) is 7.09. The third-order valence-corrected chi connectivity index (χ3v) is 3.51. The summed E-state index contributed by atoms with van der Waals surface area (Å²) in [5.41, 5.74) is 6.35. The van der Waals surface area contributed by atoms with E-state index in [9.17, 15) is 4.79 Å².